The number of amides is 1. The largest absolute Gasteiger partial charge is 0.380 e. The summed E-state index contributed by atoms with van der Waals surface area (Å²) in [7, 11) is 0. The van der Waals surface area contributed by atoms with E-state index >= 15 is 0 Å². The van der Waals surface area contributed by atoms with Gasteiger partial charge in [0.15, 0.2) is 0 Å². The van der Waals surface area contributed by atoms with Gasteiger partial charge in [-0.05, 0) is 37.7 Å². The summed E-state index contributed by atoms with van der Waals surface area (Å²) < 4.78 is 7.15. The van der Waals surface area contributed by atoms with Crippen molar-refractivity contribution >= 4 is 17.5 Å². The fraction of sp³-hybridized carbons (Fsp3) is 0.684. The third-order valence-corrected chi connectivity index (χ3v) is 6.32. The Balaban J connectivity index is 0.984. The summed E-state index contributed by atoms with van der Waals surface area (Å²) in [5.41, 5.74) is 0. The van der Waals surface area contributed by atoms with Gasteiger partial charge in [0.05, 0.1) is 12.5 Å². The topological polar surface area (TPSA) is 96.7 Å². The SMILES string of the molecule is O=C(NCCC1CC(Nc2ccnc3ncnn23)C1)C1CN(C2CCOC2)C1. The first-order valence-electron chi connectivity index (χ1n) is 10.3. The first kappa shape index (κ1) is 17.8. The number of carbonyl (C=O) groups excluding carboxylic acids is 1. The molecule has 150 valence electrons. The van der Waals surface area contributed by atoms with E-state index in [1.54, 1.807) is 10.7 Å². The number of anilines is 1. The Labute approximate surface area is 163 Å². The average molecular weight is 385 g/mol. The smallest absolute Gasteiger partial charge is 0.254 e. The Kier molecular flexibility index (Phi) is 4.86. The van der Waals surface area contributed by atoms with E-state index in [1.165, 1.54) is 6.33 Å². The number of fused-ring (bicyclic) bond motifs is 1. The van der Waals surface area contributed by atoms with Crippen LogP contribution in [0.25, 0.3) is 5.78 Å². The van der Waals surface area contributed by atoms with Crippen LogP contribution < -0.4 is 10.6 Å². The molecule has 2 aromatic rings. The van der Waals surface area contributed by atoms with Crippen LogP contribution in [0.15, 0.2) is 18.6 Å². The van der Waals surface area contributed by atoms with Gasteiger partial charge in [-0.3, -0.25) is 9.69 Å². The molecule has 2 saturated heterocycles. The maximum absolute atomic E-state index is 12.3. The molecule has 2 N–H and O–H groups in total. The van der Waals surface area contributed by atoms with Gasteiger partial charge in [-0.1, -0.05) is 0 Å². The van der Waals surface area contributed by atoms with Gasteiger partial charge in [0.1, 0.15) is 12.1 Å². The van der Waals surface area contributed by atoms with Gasteiger partial charge >= 0.3 is 0 Å². The number of hydrogen-bond acceptors (Lipinski definition) is 7. The molecule has 3 aliphatic rings. The van der Waals surface area contributed by atoms with Crippen LogP contribution in [-0.4, -0.2) is 75.3 Å². The predicted molar refractivity (Wildman–Crippen MR) is 103 cm³/mol. The van der Waals surface area contributed by atoms with Gasteiger partial charge in [0, 0.05) is 44.5 Å². The van der Waals surface area contributed by atoms with E-state index in [0.717, 1.165) is 64.3 Å². The Morgan fingerprint density at radius 2 is 2.18 bits per heavy atom. The number of hydrogen-bond donors (Lipinski definition) is 2. The van der Waals surface area contributed by atoms with Crippen LogP contribution in [0.2, 0.25) is 0 Å². The van der Waals surface area contributed by atoms with E-state index in [4.69, 9.17) is 4.74 Å². The molecule has 2 aromatic heterocycles. The molecule has 1 amide bonds. The van der Waals surface area contributed by atoms with E-state index in [0.29, 0.717) is 23.8 Å². The van der Waals surface area contributed by atoms with E-state index in [9.17, 15) is 4.79 Å². The van der Waals surface area contributed by atoms with Crippen molar-refractivity contribution in [3.05, 3.63) is 18.6 Å². The highest BCUT2D eigenvalue weighted by molar-refractivity contribution is 5.80. The molecule has 1 aliphatic carbocycles. The van der Waals surface area contributed by atoms with Crippen LogP contribution in [0.3, 0.4) is 0 Å². The zero-order valence-electron chi connectivity index (χ0n) is 16.0. The van der Waals surface area contributed by atoms with E-state index < -0.39 is 0 Å². The fourth-order valence-corrected chi connectivity index (χ4v) is 4.48. The van der Waals surface area contributed by atoms with E-state index in [1.807, 2.05) is 6.07 Å². The first-order chi connectivity index (χ1) is 13.8. The third-order valence-electron chi connectivity index (χ3n) is 6.32. The quantitative estimate of drug-likeness (QED) is 0.718. The zero-order chi connectivity index (χ0) is 18.9. The lowest BCUT2D eigenvalue weighted by Crippen LogP contribution is -2.57. The number of ether oxygens (including phenoxy) is 1. The summed E-state index contributed by atoms with van der Waals surface area (Å²) in [5, 5.41) is 10.9. The number of carbonyl (C=O) groups is 1. The number of likely N-dealkylation sites (tertiary alicyclic amines) is 1. The van der Waals surface area contributed by atoms with Crippen molar-refractivity contribution in [2.45, 2.75) is 37.8 Å². The number of aromatic nitrogens is 4. The van der Waals surface area contributed by atoms with Gasteiger partial charge in [0.2, 0.25) is 5.91 Å². The molecule has 5 rings (SSSR count). The van der Waals surface area contributed by atoms with Gasteiger partial charge in [-0.15, -0.1) is 0 Å². The molecule has 0 radical (unpaired) electrons. The Morgan fingerprint density at radius 3 is 3.00 bits per heavy atom. The van der Waals surface area contributed by atoms with E-state index in [-0.39, 0.29) is 11.8 Å². The molecule has 2 aliphatic heterocycles. The normalized spacial score (nSPS) is 28.1. The van der Waals surface area contributed by atoms with E-state index in [2.05, 4.69) is 30.6 Å². The average Bonchev–Trinajstić information content (AvgIpc) is 3.30. The molecule has 4 heterocycles. The summed E-state index contributed by atoms with van der Waals surface area (Å²) in [6.07, 6.45) is 7.65. The summed E-state index contributed by atoms with van der Waals surface area (Å²) in [6.45, 7) is 4.24. The fourth-order valence-electron chi connectivity index (χ4n) is 4.48. The van der Waals surface area contributed by atoms with Gasteiger partial charge in [0.25, 0.3) is 5.78 Å². The van der Waals surface area contributed by atoms with Crippen LogP contribution >= 0.6 is 0 Å². The lowest BCUT2D eigenvalue weighted by Gasteiger charge is -2.42. The van der Waals surface area contributed by atoms with Gasteiger partial charge < -0.3 is 15.4 Å². The van der Waals surface area contributed by atoms with Crippen molar-refractivity contribution in [3.63, 3.8) is 0 Å². The van der Waals surface area contributed by atoms with Crippen LogP contribution in [0, 0.1) is 11.8 Å². The minimum Gasteiger partial charge on any atom is -0.380 e. The Hall–Kier alpha value is -2.26. The second-order valence-electron chi connectivity index (χ2n) is 8.23. The summed E-state index contributed by atoms with van der Waals surface area (Å²) >= 11 is 0. The van der Waals surface area contributed by atoms with Crippen molar-refractivity contribution in [1.82, 2.24) is 29.8 Å². The predicted octanol–water partition coefficient (Wildman–Crippen LogP) is 0.542. The number of nitrogens with one attached hydrogen (secondary N) is 2. The highest BCUT2D eigenvalue weighted by Gasteiger charge is 2.38. The molecule has 28 heavy (non-hydrogen) atoms. The molecule has 0 spiro atoms. The van der Waals surface area contributed by atoms with Crippen LogP contribution in [0.4, 0.5) is 5.82 Å². The van der Waals surface area contributed by atoms with Crippen LogP contribution in [0.5, 0.6) is 0 Å². The summed E-state index contributed by atoms with van der Waals surface area (Å²) in [6, 6.07) is 2.90. The Bertz CT molecular complexity index is 823. The molecular formula is C19H27N7O2. The standard InChI is InChI=1S/C19H27N7O2/c27-18(14-9-25(10-14)16-3-6-28-11-16)20-4-1-13-7-15(8-13)24-17-2-5-21-19-22-12-23-26(17)19/h2,5,12-16,24H,1,3-4,6-11H2,(H,20,27). The summed E-state index contributed by atoms with van der Waals surface area (Å²) in [4.78, 5) is 22.9. The number of rotatable bonds is 7. The molecule has 0 aromatic carbocycles. The van der Waals surface area contributed by atoms with Crippen molar-refractivity contribution in [3.8, 4) is 0 Å². The first-order valence-corrected chi connectivity index (χ1v) is 10.3. The van der Waals surface area contributed by atoms with Gasteiger partial charge in [-0.2, -0.15) is 14.6 Å². The molecule has 1 unspecified atom stereocenters. The second kappa shape index (κ2) is 7.63. The van der Waals surface area contributed by atoms with Crippen molar-refractivity contribution in [2.24, 2.45) is 11.8 Å². The molecule has 0 bridgehead atoms. The maximum Gasteiger partial charge on any atom is 0.254 e. The minimum atomic E-state index is 0.160. The summed E-state index contributed by atoms with van der Waals surface area (Å²) in [5.74, 6) is 2.59. The Morgan fingerprint density at radius 1 is 1.29 bits per heavy atom. The monoisotopic (exact) mass is 385 g/mol. The highest BCUT2D eigenvalue weighted by atomic mass is 16.5. The van der Waals surface area contributed by atoms with Gasteiger partial charge in [-0.25, -0.2) is 4.98 Å². The minimum absolute atomic E-state index is 0.160. The molecule has 9 heteroatoms. The molecular weight excluding hydrogens is 358 g/mol. The van der Waals surface area contributed by atoms with Crippen LogP contribution in [0.1, 0.15) is 25.7 Å². The van der Waals surface area contributed by atoms with Crippen molar-refractivity contribution in [1.29, 1.82) is 0 Å². The van der Waals surface area contributed by atoms with Crippen LogP contribution in [-0.2, 0) is 9.53 Å². The lowest BCUT2D eigenvalue weighted by atomic mass is 9.78. The molecule has 9 nitrogen and oxygen atoms in total. The molecule has 1 atom stereocenters. The molecule has 1 saturated carbocycles. The molecule has 3 fully saturated rings. The van der Waals surface area contributed by atoms with Crippen molar-refractivity contribution < 1.29 is 9.53 Å². The maximum atomic E-state index is 12.3. The lowest BCUT2D eigenvalue weighted by molar-refractivity contribution is -0.131. The second-order valence-corrected chi connectivity index (χ2v) is 8.23. The number of nitrogens with zero attached hydrogens (tertiary/aromatic N) is 5. The zero-order valence-corrected chi connectivity index (χ0v) is 16.0. The van der Waals surface area contributed by atoms with Crippen molar-refractivity contribution in [2.75, 3.05) is 38.2 Å². The third kappa shape index (κ3) is 3.56. The highest BCUT2D eigenvalue weighted by Crippen LogP contribution is 2.32.